The van der Waals surface area contributed by atoms with E-state index in [9.17, 15) is 9.59 Å². The summed E-state index contributed by atoms with van der Waals surface area (Å²) in [5, 5.41) is 8.57. The highest BCUT2D eigenvalue weighted by atomic mass is 35.5. The molecular weight excluding hydrogens is 386 g/mol. The number of thiophene rings is 1. The molecule has 0 bridgehead atoms. The van der Waals surface area contributed by atoms with Gasteiger partial charge in [-0.25, -0.2) is 9.36 Å². The molecule has 4 heterocycles. The lowest BCUT2D eigenvalue weighted by atomic mass is 9.96. The van der Waals surface area contributed by atoms with Gasteiger partial charge in [-0.1, -0.05) is 11.6 Å². The van der Waals surface area contributed by atoms with Crippen LogP contribution in [0.3, 0.4) is 0 Å². The first-order valence-electron chi connectivity index (χ1n) is 8.73. The minimum atomic E-state index is -0.127. The number of aromatic nitrogens is 4. The van der Waals surface area contributed by atoms with Crippen LogP contribution in [0.1, 0.15) is 22.5 Å². The third-order valence-corrected chi connectivity index (χ3v) is 5.93. The lowest BCUT2D eigenvalue weighted by Gasteiger charge is -2.31. The number of carbonyl (C=O) groups excluding carboxylic acids is 1. The maximum absolute atomic E-state index is 12.5. The number of rotatable bonds is 4. The summed E-state index contributed by atoms with van der Waals surface area (Å²) in [5.41, 5.74) is -0.127. The van der Waals surface area contributed by atoms with Crippen molar-refractivity contribution in [2.75, 3.05) is 13.1 Å². The highest BCUT2D eigenvalue weighted by molar-refractivity contribution is 7.17. The molecule has 4 rings (SSSR count). The van der Waals surface area contributed by atoms with Crippen LogP contribution in [0.2, 0.25) is 4.34 Å². The van der Waals surface area contributed by atoms with Crippen molar-refractivity contribution in [1.29, 1.82) is 0 Å². The van der Waals surface area contributed by atoms with Gasteiger partial charge >= 0.3 is 0 Å². The quantitative estimate of drug-likeness (QED) is 0.671. The van der Waals surface area contributed by atoms with Gasteiger partial charge < -0.3 is 4.90 Å². The van der Waals surface area contributed by atoms with Crippen molar-refractivity contribution >= 4 is 28.8 Å². The monoisotopic (exact) mass is 403 g/mol. The zero-order valence-corrected chi connectivity index (χ0v) is 16.1. The van der Waals surface area contributed by atoms with Crippen LogP contribution in [-0.2, 0) is 6.54 Å². The molecule has 0 unspecified atom stereocenters. The SMILES string of the molecule is O=C(c1ccc(Cl)s1)N1CCC(Cn2nc(-n3cccn3)ccc2=O)CC1. The molecule has 1 aliphatic rings. The zero-order valence-electron chi connectivity index (χ0n) is 14.5. The van der Waals surface area contributed by atoms with Gasteiger partial charge in [0.2, 0.25) is 0 Å². The van der Waals surface area contributed by atoms with E-state index >= 15 is 0 Å². The summed E-state index contributed by atoms with van der Waals surface area (Å²) in [5.74, 6) is 0.946. The van der Waals surface area contributed by atoms with Crippen LogP contribution in [0.25, 0.3) is 5.82 Å². The van der Waals surface area contributed by atoms with Gasteiger partial charge in [0.15, 0.2) is 5.82 Å². The van der Waals surface area contributed by atoms with Crippen LogP contribution in [0.5, 0.6) is 0 Å². The summed E-state index contributed by atoms with van der Waals surface area (Å²) in [6, 6.07) is 8.51. The molecule has 0 radical (unpaired) electrons. The molecule has 1 saturated heterocycles. The second-order valence-electron chi connectivity index (χ2n) is 6.50. The molecule has 0 atom stereocenters. The fraction of sp³-hybridized carbons (Fsp3) is 0.333. The minimum Gasteiger partial charge on any atom is -0.338 e. The molecule has 27 heavy (non-hydrogen) atoms. The highest BCUT2D eigenvalue weighted by Gasteiger charge is 2.25. The van der Waals surface area contributed by atoms with Gasteiger partial charge in [0, 0.05) is 38.1 Å². The standard InChI is InChI=1S/C18H18ClN5O2S/c19-15-3-2-14(27-15)18(26)22-10-6-13(7-11-22)12-24-17(25)5-4-16(21-24)23-9-1-8-20-23/h1-5,8-9,13H,6-7,10-12H2. The highest BCUT2D eigenvalue weighted by Crippen LogP contribution is 2.25. The predicted molar refractivity (Wildman–Crippen MR) is 104 cm³/mol. The average Bonchev–Trinajstić information content (AvgIpc) is 3.35. The summed E-state index contributed by atoms with van der Waals surface area (Å²) >= 11 is 7.23. The summed E-state index contributed by atoms with van der Waals surface area (Å²) < 4.78 is 3.75. The fourth-order valence-corrected chi connectivity index (χ4v) is 4.25. The number of hydrogen-bond donors (Lipinski definition) is 0. The normalized spacial score (nSPS) is 15.2. The van der Waals surface area contributed by atoms with Crippen molar-refractivity contribution in [3.8, 4) is 5.82 Å². The summed E-state index contributed by atoms with van der Waals surface area (Å²) in [6.07, 6.45) is 5.14. The molecule has 7 nitrogen and oxygen atoms in total. The van der Waals surface area contributed by atoms with E-state index in [2.05, 4.69) is 10.2 Å². The Kier molecular flexibility index (Phi) is 5.09. The van der Waals surface area contributed by atoms with E-state index in [4.69, 9.17) is 11.6 Å². The number of piperidine rings is 1. The number of halogens is 1. The molecule has 0 saturated carbocycles. The number of amides is 1. The largest absolute Gasteiger partial charge is 0.338 e. The smallest absolute Gasteiger partial charge is 0.266 e. The van der Waals surface area contributed by atoms with E-state index in [0.29, 0.717) is 40.6 Å². The van der Waals surface area contributed by atoms with Crippen molar-refractivity contribution in [2.45, 2.75) is 19.4 Å². The summed E-state index contributed by atoms with van der Waals surface area (Å²) in [6.45, 7) is 1.89. The Morgan fingerprint density at radius 1 is 1.22 bits per heavy atom. The van der Waals surface area contributed by atoms with Crippen molar-refractivity contribution in [2.24, 2.45) is 5.92 Å². The van der Waals surface area contributed by atoms with Crippen LogP contribution in [-0.4, -0.2) is 43.5 Å². The molecule has 3 aromatic heterocycles. The number of nitrogens with zero attached hydrogens (tertiary/aromatic N) is 5. The van der Waals surface area contributed by atoms with E-state index in [0.717, 1.165) is 12.8 Å². The molecule has 3 aromatic rings. The molecule has 1 fully saturated rings. The first-order valence-corrected chi connectivity index (χ1v) is 9.92. The average molecular weight is 404 g/mol. The second kappa shape index (κ2) is 7.66. The van der Waals surface area contributed by atoms with Gasteiger partial charge in [-0.05, 0) is 43.0 Å². The van der Waals surface area contributed by atoms with Crippen molar-refractivity contribution < 1.29 is 4.79 Å². The lowest BCUT2D eigenvalue weighted by molar-refractivity contribution is 0.0685. The first-order chi connectivity index (χ1) is 13.1. The maximum Gasteiger partial charge on any atom is 0.266 e. The Hall–Kier alpha value is -2.45. The Balaban J connectivity index is 1.40. The van der Waals surface area contributed by atoms with Crippen LogP contribution < -0.4 is 5.56 Å². The lowest BCUT2D eigenvalue weighted by Crippen LogP contribution is -2.40. The van der Waals surface area contributed by atoms with E-state index in [1.54, 1.807) is 35.3 Å². The second-order valence-corrected chi connectivity index (χ2v) is 8.22. The Labute approximate surface area is 164 Å². The van der Waals surface area contributed by atoms with Gasteiger partial charge in [0.05, 0.1) is 9.21 Å². The van der Waals surface area contributed by atoms with Gasteiger partial charge in [0.1, 0.15) is 0 Å². The third-order valence-electron chi connectivity index (χ3n) is 4.71. The van der Waals surface area contributed by atoms with E-state index in [1.807, 2.05) is 11.0 Å². The molecule has 0 N–H and O–H groups in total. The molecule has 0 spiro atoms. The maximum atomic E-state index is 12.5. The van der Waals surface area contributed by atoms with Gasteiger partial charge in [0.25, 0.3) is 11.5 Å². The Bertz CT molecular complexity index is 989. The van der Waals surface area contributed by atoms with Crippen molar-refractivity contribution in [3.05, 3.63) is 62.3 Å². The Morgan fingerprint density at radius 3 is 2.70 bits per heavy atom. The van der Waals surface area contributed by atoms with Crippen molar-refractivity contribution in [3.63, 3.8) is 0 Å². The molecule has 140 valence electrons. The molecule has 0 aromatic carbocycles. The minimum absolute atomic E-state index is 0.0290. The van der Waals surface area contributed by atoms with E-state index < -0.39 is 0 Å². The van der Waals surface area contributed by atoms with Crippen LogP contribution in [0, 0.1) is 5.92 Å². The van der Waals surface area contributed by atoms with Crippen LogP contribution in [0.4, 0.5) is 0 Å². The summed E-state index contributed by atoms with van der Waals surface area (Å²) in [4.78, 5) is 27.2. The van der Waals surface area contributed by atoms with E-state index in [-0.39, 0.29) is 11.5 Å². The molecule has 0 aliphatic carbocycles. The van der Waals surface area contributed by atoms with E-state index in [1.165, 1.54) is 22.1 Å². The van der Waals surface area contributed by atoms with Crippen LogP contribution in [0.15, 0.2) is 47.5 Å². The third kappa shape index (κ3) is 3.96. The van der Waals surface area contributed by atoms with Gasteiger partial charge in [-0.3, -0.25) is 9.59 Å². The number of hydrogen-bond acceptors (Lipinski definition) is 5. The van der Waals surface area contributed by atoms with Crippen molar-refractivity contribution in [1.82, 2.24) is 24.5 Å². The topological polar surface area (TPSA) is 73.0 Å². The molecule has 1 aliphatic heterocycles. The molecule has 9 heteroatoms. The fourth-order valence-electron chi connectivity index (χ4n) is 3.24. The summed E-state index contributed by atoms with van der Waals surface area (Å²) in [7, 11) is 0. The molecule has 1 amide bonds. The van der Waals surface area contributed by atoms with Gasteiger partial charge in [-0.15, -0.1) is 16.4 Å². The number of likely N-dealkylation sites (tertiary alicyclic amines) is 1. The Morgan fingerprint density at radius 2 is 2.04 bits per heavy atom. The zero-order chi connectivity index (χ0) is 18.8. The molecular formula is C18H18ClN5O2S. The first kappa shape index (κ1) is 17.9. The predicted octanol–water partition coefficient (Wildman–Crippen LogP) is 2.70. The van der Waals surface area contributed by atoms with Gasteiger partial charge in [-0.2, -0.15) is 5.10 Å². The number of carbonyl (C=O) groups is 1. The van der Waals surface area contributed by atoms with Crippen LogP contribution >= 0.6 is 22.9 Å².